The third-order valence-electron chi connectivity index (χ3n) is 4.66. The molecule has 5 nitrogen and oxygen atoms in total. The molecule has 1 amide bonds. The predicted octanol–water partition coefficient (Wildman–Crippen LogP) is 2.86. The molecular formula is C19H19ClN4O. The zero-order valence-electron chi connectivity index (χ0n) is 13.7. The van der Waals surface area contributed by atoms with Crippen LogP contribution in [0.15, 0.2) is 54.7 Å². The van der Waals surface area contributed by atoms with Gasteiger partial charge in [-0.2, -0.15) is 5.10 Å². The Morgan fingerprint density at radius 1 is 1.20 bits per heavy atom. The van der Waals surface area contributed by atoms with Crippen LogP contribution >= 0.6 is 11.6 Å². The zero-order chi connectivity index (χ0) is 17.2. The van der Waals surface area contributed by atoms with Gasteiger partial charge >= 0.3 is 0 Å². The SMILES string of the molecule is O=C(Cn1ncc2ccccc21)N1CCNCC1c1ccccc1Cl. The standard InChI is InChI=1S/C19H19ClN4O/c20-16-7-3-2-6-15(16)18-12-21-9-10-23(18)19(25)13-24-17-8-4-1-5-14(17)11-22-24/h1-8,11,18,21H,9-10,12-13H2. The number of fused-ring (bicyclic) bond motifs is 1. The predicted molar refractivity (Wildman–Crippen MR) is 98.5 cm³/mol. The Morgan fingerprint density at radius 3 is 2.88 bits per heavy atom. The number of piperazine rings is 1. The number of hydrogen-bond acceptors (Lipinski definition) is 3. The first-order chi connectivity index (χ1) is 12.2. The molecular weight excluding hydrogens is 336 g/mol. The van der Waals surface area contributed by atoms with E-state index in [0.717, 1.165) is 23.0 Å². The van der Waals surface area contributed by atoms with Crippen molar-refractivity contribution in [3.8, 4) is 0 Å². The molecule has 0 spiro atoms. The molecule has 1 atom stereocenters. The van der Waals surface area contributed by atoms with Crippen LogP contribution in [-0.4, -0.2) is 40.2 Å². The quantitative estimate of drug-likeness (QED) is 0.786. The lowest BCUT2D eigenvalue weighted by molar-refractivity contribution is -0.135. The molecule has 1 unspecified atom stereocenters. The number of nitrogens with zero attached hydrogens (tertiary/aromatic N) is 3. The highest BCUT2D eigenvalue weighted by atomic mass is 35.5. The van der Waals surface area contributed by atoms with Crippen molar-refractivity contribution in [2.75, 3.05) is 19.6 Å². The van der Waals surface area contributed by atoms with Gasteiger partial charge in [-0.3, -0.25) is 9.48 Å². The van der Waals surface area contributed by atoms with Crippen molar-refractivity contribution in [2.24, 2.45) is 0 Å². The molecule has 2 aromatic carbocycles. The second-order valence-electron chi connectivity index (χ2n) is 6.19. The Kier molecular flexibility index (Phi) is 4.42. The fraction of sp³-hybridized carbons (Fsp3) is 0.263. The minimum atomic E-state index is -0.0585. The number of rotatable bonds is 3. The number of hydrogen-bond donors (Lipinski definition) is 1. The van der Waals surface area contributed by atoms with Gasteiger partial charge in [-0.15, -0.1) is 0 Å². The van der Waals surface area contributed by atoms with Gasteiger partial charge in [0.15, 0.2) is 0 Å². The van der Waals surface area contributed by atoms with Crippen molar-refractivity contribution in [1.29, 1.82) is 0 Å². The van der Waals surface area contributed by atoms with Gasteiger partial charge in [0.05, 0.1) is 17.8 Å². The van der Waals surface area contributed by atoms with Gasteiger partial charge in [-0.1, -0.05) is 48.0 Å². The van der Waals surface area contributed by atoms with Crippen LogP contribution in [0.1, 0.15) is 11.6 Å². The van der Waals surface area contributed by atoms with E-state index in [1.807, 2.05) is 53.4 Å². The number of benzene rings is 2. The highest BCUT2D eigenvalue weighted by molar-refractivity contribution is 6.31. The van der Waals surface area contributed by atoms with E-state index in [1.54, 1.807) is 10.9 Å². The summed E-state index contributed by atoms with van der Waals surface area (Å²) in [5, 5.41) is 9.47. The Hall–Kier alpha value is -2.37. The average Bonchev–Trinajstić information content (AvgIpc) is 3.05. The van der Waals surface area contributed by atoms with Gasteiger partial charge in [0.25, 0.3) is 0 Å². The molecule has 1 aliphatic heterocycles. The number of carbonyl (C=O) groups is 1. The van der Waals surface area contributed by atoms with Crippen LogP contribution in [0.4, 0.5) is 0 Å². The summed E-state index contributed by atoms with van der Waals surface area (Å²) >= 11 is 6.37. The molecule has 1 aliphatic rings. The lowest BCUT2D eigenvalue weighted by Gasteiger charge is -2.37. The summed E-state index contributed by atoms with van der Waals surface area (Å²) in [4.78, 5) is 14.9. The van der Waals surface area contributed by atoms with Crippen LogP contribution in [0.2, 0.25) is 5.02 Å². The molecule has 1 N–H and O–H groups in total. The fourth-order valence-corrected chi connectivity index (χ4v) is 3.66. The van der Waals surface area contributed by atoms with Crippen LogP contribution in [0.5, 0.6) is 0 Å². The van der Waals surface area contributed by atoms with Gasteiger partial charge < -0.3 is 10.2 Å². The number of carbonyl (C=O) groups excluding carboxylic acids is 1. The second kappa shape index (κ2) is 6.86. The summed E-state index contributed by atoms with van der Waals surface area (Å²) in [6.45, 7) is 2.38. The minimum absolute atomic E-state index is 0.0558. The van der Waals surface area contributed by atoms with Crippen LogP contribution in [0.25, 0.3) is 10.9 Å². The van der Waals surface area contributed by atoms with E-state index in [1.165, 1.54) is 0 Å². The molecule has 0 bridgehead atoms. The van der Waals surface area contributed by atoms with E-state index in [-0.39, 0.29) is 18.5 Å². The Labute approximate surface area is 151 Å². The van der Waals surface area contributed by atoms with E-state index in [9.17, 15) is 4.79 Å². The van der Waals surface area contributed by atoms with Crippen molar-refractivity contribution in [3.63, 3.8) is 0 Å². The molecule has 128 valence electrons. The Balaban J connectivity index is 1.60. The smallest absolute Gasteiger partial charge is 0.244 e. The molecule has 1 fully saturated rings. The maximum Gasteiger partial charge on any atom is 0.244 e. The Morgan fingerprint density at radius 2 is 2.00 bits per heavy atom. The topological polar surface area (TPSA) is 50.2 Å². The summed E-state index contributed by atoms with van der Waals surface area (Å²) in [6.07, 6.45) is 1.80. The molecule has 1 aromatic heterocycles. The van der Waals surface area contributed by atoms with Crippen molar-refractivity contribution in [3.05, 3.63) is 65.3 Å². The highest BCUT2D eigenvalue weighted by Gasteiger charge is 2.29. The van der Waals surface area contributed by atoms with Crippen molar-refractivity contribution >= 4 is 28.4 Å². The first-order valence-electron chi connectivity index (χ1n) is 8.39. The lowest BCUT2D eigenvalue weighted by Crippen LogP contribution is -2.49. The first-order valence-corrected chi connectivity index (χ1v) is 8.77. The number of nitrogens with one attached hydrogen (secondary N) is 1. The maximum atomic E-state index is 13.0. The van der Waals surface area contributed by atoms with Gasteiger partial charge in [-0.05, 0) is 17.7 Å². The molecule has 3 aromatic rings. The van der Waals surface area contributed by atoms with Crippen molar-refractivity contribution in [1.82, 2.24) is 20.0 Å². The van der Waals surface area contributed by atoms with Crippen molar-refractivity contribution < 1.29 is 4.79 Å². The monoisotopic (exact) mass is 354 g/mol. The van der Waals surface area contributed by atoms with E-state index < -0.39 is 0 Å². The molecule has 25 heavy (non-hydrogen) atoms. The maximum absolute atomic E-state index is 13.0. The third kappa shape index (κ3) is 3.13. The van der Waals surface area contributed by atoms with Crippen molar-refractivity contribution in [2.45, 2.75) is 12.6 Å². The minimum Gasteiger partial charge on any atom is -0.331 e. The molecule has 2 heterocycles. The average molecular weight is 355 g/mol. The van der Waals surface area contributed by atoms with E-state index in [4.69, 9.17) is 11.6 Å². The molecule has 0 saturated carbocycles. The van der Waals surface area contributed by atoms with E-state index >= 15 is 0 Å². The van der Waals surface area contributed by atoms with Crippen LogP contribution in [-0.2, 0) is 11.3 Å². The first kappa shape index (κ1) is 16.1. The molecule has 0 aliphatic carbocycles. The second-order valence-corrected chi connectivity index (χ2v) is 6.60. The molecule has 0 radical (unpaired) electrons. The number of halogens is 1. The van der Waals surface area contributed by atoms with Crippen LogP contribution in [0, 0.1) is 0 Å². The van der Waals surface area contributed by atoms with Gasteiger partial charge in [0.1, 0.15) is 6.54 Å². The van der Waals surface area contributed by atoms with E-state index in [2.05, 4.69) is 10.4 Å². The largest absolute Gasteiger partial charge is 0.331 e. The third-order valence-corrected chi connectivity index (χ3v) is 5.01. The molecule has 1 saturated heterocycles. The van der Waals surface area contributed by atoms with Crippen LogP contribution in [0.3, 0.4) is 0 Å². The summed E-state index contributed by atoms with van der Waals surface area (Å²) in [5.74, 6) is 0.0558. The fourth-order valence-electron chi connectivity index (χ4n) is 3.40. The zero-order valence-corrected chi connectivity index (χ0v) is 14.5. The highest BCUT2D eigenvalue weighted by Crippen LogP contribution is 2.28. The van der Waals surface area contributed by atoms with Gasteiger partial charge in [0.2, 0.25) is 5.91 Å². The Bertz CT molecular complexity index is 907. The summed E-state index contributed by atoms with van der Waals surface area (Å²) in [7, 11) is 0. The van der Waals surface area contributed by atoms with Gasteiger partial charge in [-0.25, -0.2) is 0 Å². The summed E-state index contributed by atoms with van der Waals surface area (Å²) < 4.78 is 1.77. The number of aromatic nitrogens is 2. The normalized spacial score (nSPS) is 17.8. The molecule has 4 rings (SSSR count). The number of amides is 1. The summed E-state index contributed by atoms with van der Waals surface area (Å²) in [6, 6.07) is 15.6. The summed E-state index contributed by atoms with van der Waals surface area (Å²) in [5.41, 5.74) is 1.95. The molecule has 6 heteroatoms. The number of para-hydroxylation sites is 1. The lowest BCUT2D eigenvalue weighted by atomic mass is 10.0. The van der Waals surface area contributed by atoms with Crippen LogP contribution < -0.4 is 5.32 Å². The van der Waals surface area contributed by atoms with Gasteiger partial charge in [0, 0.05) is 30.0 Å². The van der Waals surface area contributed by atoms with E-state index in [0.29, 0.717) is 18.1 Å².